The molecule has 0 spiro atoms. The summed E-state index contributed by atoms with van der Waals surface area (Å²) in [7, 11) is 0. The molecule has 0 saturated carbocycles. The Kier molecular flexibility index (Phi) is 13.8. The molecule has 16 heavy (non-hydrogen) atoms. The Morgan fingerprint density at radius 2 is 1.38 bits per heavy atom. The van der Waals surface area contributed by atoms with E-state index in [1.54, 1.807) is 0 Å². The van der Waals surface area contributed by atoms with Crippen LogP contribution in [-0.4, -0.2) is 12.8 Å². The van der Waals surface area contributed by atoms with Crippen molar-refractivity contribution < 1.29 is 4.79 Å². The fraction of sp³-hybridized carbons (Fsp3) is 0.786. The van der Waals surface area contributed by atoms with Gasteiger partial charge in [0.15, 0.2) is 6.29 Å². The number of allylic oxidation sites excluding steroid dienone is 2. The van der Waals surface area contributed by atoms with Gasteiger partial charge >= 0.3 is 0 Å². The van der Waals surface area contributed by atoms with Gasteiger partial charge < -0.3 is 5.73 Å². The highest BCUT2D eigenvalue weighted by molar-refractivity contribution is 5.50. The van der Waals surface area contributed by atoms with E-state index >= 15 is 0 Å². The lowest BCUT2D eigenvalue weighted by atomic mass is 10.1. The molecule has 2 N–H and O–H groups in total. The van der Waals surface area contributed by atoms with Crippen LogP contribution < -0.4 is 5.73 Å². The molecule has 0 aromatic heterocycles. The molecule has 0 aromatic rings. The predicted molar refractivity (Wildman–Crippen MR) is 70.1 cm³/mol. The second-order valence-corrected chi connectivity index (χ2v) is 4.21. The number of hydrogen-bond donors (Lipinski definition) is 1. The van der Waals surface area contributed by atoms with E-state index in [1.165, 1.54) is 44.9 Å². The standard InChI is InChI=1S/C14H26NO/c15-13-11-9-7-5-3-1-2-4-6-8-10-12-14-16/h3,5H,1-2,4,6-13,15H2/b5-3-. The maximum Gasteiger partial charge on any atom is 0.198 e. The van der Waals surface area contributed by atoms with Crippen molar-refractivity contribution in [1.82, 2.24) is 0 Å². The van der Waals surface area contributed by atoms with E-state index in [1.807, 2.05) is 6.29 Å². The van der Waals surface area contributed by atoms with Crippen molar-refractivity contribution in [2.45, 2.75) is 64.2 Å². The van der Waals surface area contributed by atoms with Crippen LogP contribution in [0.1, 0.15) is 64.2 Å². The zero-order valence-electron chi connectivity index (χ0n) is 10.4. The van der Waals surface area contributed by atoms with E-state index < -0.39 is 0 Å². The number of rotatable bonds is 12. The summed E-state index contributed by atoms with van der Waals surface area (Å²) in [5.41, 5.74) is 5.41. The van der Waals surface area contributed by atoms with Crippen molar-refractivity contribution in [3.63, 3.8) is 0 Å². The van der Waals surface area contributed by atoms with Crippen molar-refractivity contribution in [2.24, 2.45) is 5.73 Å². The summed E-state index contributed by atoms with van der Waals surface area (Å²) in [4.78, 5) is 9.95. The number of nitrogens with two attached hydrogens (primary N) is 1. The van der Waals surface area contributed by atoms with Gasteiger partial charge in [0, 0.05) is 6.42 Å². The molecular weight excluding hydrogens is 198 g/mol. The van der Waals surface area contributed by atoms with E-state index in [2.05, 4.69) is 12.2 Å². The Morgan fingerprint density at radius 3 is 2.00 bits per heavy atom. The third-order valence-corrected chi connectivity index (χ3v) is 2.64. The number of hydrogen-bond acceptors (Lipinski definition) is 2. The highest BCUT2D eigenvalue weighted by atomic mass is 16.1. The first-order chi connectivity index (χ1) is 7.91. The summed E-state index contributed by atoms with van der Waals surface area (Å²) in [6, 6.07) is 0. The fourth-order valence-electron chi connectivity index (χ4n) is 1.63. The highest BCUT2D eigenvalue weighted by Crippen LogP contribution is 2.07. The molecule has 2 nitrogen and oxygen atoms in total. The van der Waals surface area contributed by atoms with E-state index in [9.17, 15) is 4.79 Å². The van der Waals surface area contributed by atoms with Gasteiger partial charge in [-0.2, -0.15) is 0 Å². The third-order valence-electron chi connectivity index (χ3n) is 2.64. The summed E-state index contributed by atoms with van der Waals surface area (Å²) < 4.78 is 0. The molecule has 0 aliphatic carbocycles. The minimum Gasteiger partial charge on any atom is -0.330 e. The van der Waals surface area contributed by atoms with E-state index in [0.717, 1.165) is 19.4 Å². The SMILES string of the molecule is NCCCC/C=C\CCCCCCC[C]=O. The van der Waals surface area contributed by atoms with Crippen LogP contribution in [0.5, 0.6) is 0 Å². The maximum atomic E-state index is 9.95. The Balaban J connectivity index is 2.99. The van der Waals surface area contributed by atoms with Crippen LogP contribution >= 0.6 is 0 Å². The van der Waals surface area contributed by atoms with Gasteiger partial charge in [-0.25, -0.2) is 0 Å². The summed E-state index contributed by atoms with van der Waals surface area (Å²) in [6.07, 6.45) is 17.8. The largest absolute Gasteiger partial charge is 0.330 e. The zero-order valence-corrected chi connectivity index (χ0v) is 10.4. The minimum absolute atomic E-state index is 0.612. The number of unbranched alkanes of at least 4 members (excludes halogenated alkanes) is 8. The molecule has 0 unspecified atom stereocenters. The van der Waals surface area contributed by atoms with Gasteiger partial charge in [-0.1, -0.05) is 31.4 Å². The Morgan fingerprint density at radius 1 is 0.812 bits per heavy atom. The maximum absolute atomic E-state index is 9.95. The summed E-state index contributed by atoms with van der Waals surface area (Å²) >= 11 is 0. The molecule has 0 amide bonds. The van der Waals surface area contributed by atoms with Gasteiger partial charge in [-0.3, -0.25) is 4.79 Å². The number of carbonyl (C=O) groups excluding carboxylic acids is 1. The van der Waals surface area contributed by atoms with Crippen LogP contribution in [-0.2, 0) is 4.79 Å². The lowest BCUT2D eigenvalue weighted by Gasteiger charge is -1.97. The first-order valence-electron chi connectivity index (χ1n) is 6.62. The summed E-state index contributed by atoms with van der Waals surface area (Å²) in [5, 5.41) is 0. The van der Waals surface area contributed by atoms with Crippen molar-refractivity contribution in [1.29, 1.82) is 0 Å². The first-order valence-corrected chi connectivity index (χ1v) is 6.62. The Bertz CT molecular complexity index is 166. The molecule has 0 aliphatic rings. The first kappa shape index (κ1) is 15.4. The predicted octanol–water partition coefficient (Wildman–Crippen LogP) is 3.51. The molecule has 0 atom stereocenters. The molecule has 0 aromatic carbocycles. The lowest BCUT2D eigenvalue weighted by molar-refractivity contribution is 0.542. The quantitative estimate of drug-likeness (QED) is 0.407. The van der Waals surface area contributed by atoms with Crippen LogP contribution in [0.4, 0.5) is 0 Å². The monoisotopic (exact) mass is 224 g/mol. The molecule has 0 rings (SSSR count). The van der Waals surface area contributed by atoms with Crippen molar-refractivity contribution in [3.05, 3.63) is 12.2 Å². The van der Waals surface area contributed by atoms with Gasteiger partial charge in [-0.15, -0.1) is 0 Å². The molecular formula is C14H26NO. The second-order valence-electron chi connectivity index (χ2n) is 4.21. The van der Waals surface area contributed by atoms with Crippen LogP contribution in [0.15, 0.2) is 12.2 Å². The van der Waals surface area contributed by atoms with Gasteiger partial charge in [0.1, 0.15) is 0 Å². The van der Waals surface area contributed by atoms with Crippen LogP contribution in [0.3, 0.4) is 0 Å². The smallest absolute Gasteiger partial charge is 0.198 e. The van der Waals surface area contributed by atoms with Crippen LogP contribution in [0, 0.1) is 0 Å². The average Bonchev–Trinajstić information content (AvgIpc) is 2.31. The summed E-state index contributed by atoms with van der Waals surface area (Å²) in [6.45, 7) is 0.812. The van der Waals surface area contributed by atoms with E-state index in [4.69, 9.17) is 5.73 Å². The van der Waals surface area contributed by atoms with Crippen molar-refractivity contribution in [2.75, 3.05) is 6.54 Å². The van der Waals surface area contributed by atoms with Gasteiger partial charge in [0.2, 0.25) is 0 Å². The third kappa shape index (κ3) is 13.4. The van der Waals surface area contributed by atoms with Gasteiger partial charge in [0.25, 0.3) is 0 Å². The lowest BCUT2D eigenvalue weighted by Crippen LogP contribution is -1.96. The van der Waals surface area contributed by atoms with E-state index in [-0.39, 0.29) is 0 Å². The molecule has 0 bridgehead atoms. The minimum atomic E-state index is 0.612. The van der Waals surface area contributed by atoms with Gasteiger partial charge in [-0.05, 0) is 45.1 Å². The Hall–Kier alpha value is -0.630. The van der Waals surface area contributed by atoms with Crippen LogP contribution in [0.25, 0.3) is 0 Å². The van der Waals surface area contributed by atoms with Crippen molar-refractivity contribution >= 4 is 6.29 Å². The second kappa shape index (κ2) is 14.4. The van der Waals surface area contributed by atoms with Gasteiger partial charge in [0.05, 0.1) is 0 Å². The van der Waals surface area contributed by atoms with Crippen molar-refractivity contribution in [3.8, 4) is 0 Å². The normalized spacial score (nSPS) is 11.1. The molecule has 1 radical (unpaired) electrons. The summed E-state index contributed by atoms with van der Waals surface area (Å²) in [5.74, 6) is 0. The zero-order chi connectivity index (χ0) is 11.9. The molecule has 0 fully saturated rings. The highest BCUT2D eigenvalue weighted by Gasteiger charge is 1.89. The topological polar surface area (TPSA) is 43.1 Å². The van der Waals surface area contributed by atoms with Crippen LogP contribution in [0.2, 0.25) is 0 Å². The fourth-order valence-corrected chi connectivity index (χ4v) is 1.63. The average molecular weight is 224 g/mol. The molecule has 0 saturated heterocycles. The van der Waals surface area contributed by atoms with E-state index in [0.29, 0.717) is 6.42 Å². The Labute approximate surface area is 100 Å². The molecule has 2 heteroatoms. The molecule has 93 valence electrons. The molecule has 0 aliphatic heterocycles. The molecule has 0 heterocycles.